The molecule has 0 N–H and O–H groups in total. The van der Waals surface area contributed by atoms with Crippen LogP contribution in [-0.2, 0) is 4.79 Å². The largest absolute Gasteiger partial charge is 0.493 e. The van der Waals surface area contributed by atoms with Gasteiger partial charge in [-0.05, 0) is 63.3 Å². The molecule has 6 rings (SSSR count). The van der Waals surface area contributed by atoms with Crippen LogP contribution in [0.1, 0.15) is 62.9 Å². The van der Waals surface area contributed by atoms with Crippen LogP contribution in [0, 0.1) is 12.8 Å². The minimum Gasteiger partial charge on any atom is -0.493 e. The van der Waals surface area contributed by atoms with E-state index in [2.05, 4.69) is 35.4 Å². The summed E-state index contributed by atoms with van der Waals surface area (Å²) in [6.07, 6.45) is 17.5. The molecule has 0 radical (unpaired) electrons. The van der Waals surface area contributed by atoms with Gasteiger partial charge in [-0.25, -0.2) is 0 Å². The molecular weight excluding hydrogens is 644 g/mol. The number of methoxy groups -OCH3 is 2. The number of allylic oxidation sites excluding steroid dienone is 3. The van der Waals surface area contributed by atoms with Crippen LogP contribution in [0.2, 0.25) is 0 Å². The Morgan fingerprint density at radius 2 is 1.67 bits per heavy atom. The van der Waals surface area contributed by atoms with Crippen LogP contribution in [0.4, 0.5) is 11.4 Å². The van der Waals surface area contributed by atoms with Gasteiger partial charge >= 0.3 is 0 Å². The number of likely N-dealkylation sites (tertiary alicyclic amines) is 1. The third-order valence-corrected chi connectivity index (χ3v) is 9.57. The fraction of sp³-hybridized carbons (Fsp3) is 0.415. The van der Waals surface area contributed by atoms with Crippen LogP contribution in [0.15, 0.2) is 81.3 Å². The Balaban J connectivity index is 0.00000248. The van der Waals surface area contributed by atoms with Crippen molar-refractivity contribution >= 4 is 36.1 Å². The number of amides is 2. The number of hydrogen-bond donors (Lipinski definition) is 0. The molecule has 2 saturated heterocycles. The van der Waals surface area contributed by atoms with Crippen LogP contribution in [0.3, 0.4) is 0 Å². The molecule has 0 bridgehead atoms. The van der Waals surface area contributed by atoms with E-state index in [1.54, 1.807) is 31.3 Å². The van der Waals surface area contributed by atoms with Crippen molar-refractivity contribution < 1.29 is 28.5 Å². The Labute approximate surface area is 301 Å². The van der Waals surface area contributed by atoms with Gasteiger partial charge in [0.05, 0.1) is 49.8 Å². The van der Waals surface area contributed by atoms with E-state index in [-0.39, 0.29) is 23.9 Å². The Morgan fingerprint density at radius 1 is 0.941 bits per heavy atom. The van der Waals surface area contributed by atoms with E-state index in [0.29, 0.717) is 60.6 Å². The molecule has 10 nitrogen and oxygen atoms in total. The first-order chi connectivity index (χ1) is 24.8. The molecule has 2 aromatic rings. The van der Waals surface area contributed by atoms with E-state index in [9.17, 15) is 9.59 Å². The summed E-state index contributed by atoms with van der Waals surface area (Å²) in [5.74, 6) is 2.34. The number of rotatable bonds is 11. The summed E-state index contributed by atoms with van der Waals surface area (Å²) in [7, 11) is 3.20. The summed E-state index contributed by atoms with van der Waals surface area (Å²) in [6, 6.07) is 7.24. The van der Waals surface area contributed by atoms with Crippen molar-refractivity contribution in [3.63, 3.8) is 0 Å². The topological polar surface area (TPSA) is 102 Å². The van der Waals surface area contributed by atoms with Gasteiger partial charge in [-0.2, -0.15) is 0 Å². The number of aryl methyl sites for hydroxylation is 1. The van der Waals surface area contributed by atoms with E-state index in [0.717, 1.165) is 42.5 Å². The Bertz CT molecular complexity index is 1790. The van der Waals surface area contributed by atoms with E-state index in [1.807, 2.05) is 64.1 Å². The van der Waals surface area contributed by atoms with Crippen LogP contribution >= 0.6 is 0 Å². The fourth-order valence-corrected chi connectivity index (χ4v) is 6.65. The number of hydrogen-bond acceptors (Lipinski definition) is 8. The molecule has 3 heterocycles. The molecule has 270 valence electrons. The van der Waals surface area contributed by atoms with Gasteiger partial charge in [-0.3, -0.25) is 19.6 Å². The quantitative estimate of drug-likeness (QED) is 0.135. The first-order valence-corrected chi connectivity index (χ1v) is 17.8. The van der Waals surface area contributed by atoms with E-state index >= 15 is 0 Å². The summed E-state index contributed by atoms with van der Waals surface area (Å²) in [6.45, 7) is 12.0. The standard InChI is InChI=1S/C39H44N4O6.C2H6/c1-6-26-13-30(42(20-26)24-44)18-40-33-16-37(35(46-4)11-25(33)3)48-22-28-9-8-10-29(12-28)23-49-38-17-34-32(15-36(38)47-5)39(45)43-21-27(7-2)14-31(43)19-41-34;1-2/h6-9,11-12,15-19,24,29-31H,10,13-14,20-23H2,1-5H3;1-2H3/b26-6+,27-7+,40-18?;. The lowest BCUT2D eigenvalue weighted by molar-refractivity contribution is -0.117. The van der Waals surface area contributed by atoms with Gasteiger partial charge in [0.2, 0.25) is 6.41 Å². The predicted molar refractivity (Wildman–Crippen MR) is 203 cm³/mol. The molecular formula is C41H50N4O6. The van der Waals surface area contributed by atoms with Gasteiger partial charge in [0, 0.05) is 43.6 Å². The number of benzene rings is 2. The maximum absolute atomic E-state index is 13.4. The summed E-state index contributed by atoms with van der Waals surface area (Å²) in [4.78, 5) is 38.1. The number of carbonyl (C=O) groups is 2. The molecule has 4 aliphatic rings. The summed E-state index contributed by atoms with van der Waals surface area (Å²) in [5, 5.41) is 0. The molecule has 2 fully saturated rings. The summed E-state index contributed by atoms with van der Waals surface area (Å²) < 4.78 is 23.9. The van der Waals surface area contributed by atoms with E-state index in [4.69, 9.17) is 23.9 Å². The normalized spacial score (nSPS) is 22.4. The van der Waals surface area contributed by atoms with Crippen molar-refractivity contribution in [1.29, 1.82) is 0 Å². The van der Waals surface area contributed by atoms with Crippen molar-refractivity contribution in [3.8, 4) is 23.0 Å². The van der Waals surface area contributed by atoms with Crippen molar-refractivity contribution in [3.05, 3.63) is 82.5 Å². The number of nitrogens with zero attached hydrogens (tertiary/aromatic N) is 4. The monoisotopic (exact) mass is 694 g/mol. The zero-order valence-electron chi connectivity index (χ0n) is 30.8. The maximum atomic E-state index is 13.4. The lowest BCUT2D eigenvalue weighted by atomic mass is 9.97. The molecule has 3 aliphatic heterocycles. The molecule has 0 aromatic heterocycles. The average Bonchev–Trinajstić information content (AvgIpc) is 3.76. The number of fused-ring (bicyclic) bond motifs is 2. The smallest absolute Gasteiger partial charge is 0.257 e. The molecule has 51 heavy (non-hydrogen) atoms. The predicted octanol–water partition coefficient (Wildman–Crippen LogP) is 7.75. The van der Waals surface area contributed by atoms with Gasteiger partial charge < -0.3 is 28.7 Å². The first kappa shape index (κ1) is 37.1. The Kier molecular flexibility index (Phi) is 12.5. The molecule has 2 aromatic carbocycles. The van der Waals surface area contributed by atoms with Gasteiger partial charge in [0.1, 0.15) is 6.61 Å². The van der Waals surface area contributed by atoms with E-state index < -0.39 is 0 Å². The second kappa shape index (κ2) is 17.2. The van der Waals surface area contributed by atoms with Crippen LogP contribution in [0.5, 0.6) is 23.0 Å². The SMILES string of the molecule is C/C=C1\CC(C=Nc2cc(OCC3=CC(COc4cc5c(cc4OC)C(=O)N4C/C(=C/C)CC4C=N5)CC=C3)c(OC)cc2C)N(C=O)C1.CC. The van der Waals surface area contributed by atoms with Gasteiger partial charge in [0.15, 0.2) is 23.0 Å². The second-order valence-electron chi connectivity index (χ2n) is 12.8. The minimum atomic E-state index is -0.0725. The van der Waals surface area contributed by atoms with Gasteiger partial charge in [0.25, 0.3) is 5.91 Å². The lowest BCUT2D eigenvalue weighted by Crippen LogP contribution is -2.35. The highest BCUT2D eigenvalue weighted by Crippen LogP contribution is 2.39. The Morgan fingerprint density at radius 3 is 2.39 bits per heavy atom. The lowest BCUT2D eigenvalue weighted by Gasteiger charge is -2.21. The molecule has 1 aliphatic carbocycles. The van der Waals surface area contributed by atoms with Crippen LogP contribution < -0.4 is 18.9 Å². The van der Waals surface area contributed by atoms with Gasteiger partial charge in [-0.1, -0.05) is 55.4 Å². The molecule has 10 heteroatoms. The minimum absolute atomic E-state index is 0.0431. The summed E-state index contributed by atoms with van der Waals surface area (Å²) >= 11 is 0. The van der Waals surface area contributed by atoms with E-state index in [1.165, 1.54) is 11.1 Å². The molecule has 0 saturated carbocycles. The number of carbonyl (C=O) groups excluding carboxylic acids is 2. The van der Waals surface area contributed by atoms with Gasteiger partial charge in [-0.15, -0.1) is 0 Å². The molecule has 2 amide bonds. The van der Waals surface area contributed by atoms with Crippen molar-refractivity contribution in [2.45, 2.75) is 66.0 Å². The number of ether oxygens (including phenoxy) is 4. The third kappa shape index (κ3) is 8.44. The zero-order chi connectivity index (χ0) is 36.5. The zero-order valence-corrected chi connectivity index (χ0v) is 30.8. The van der Waals surface area contributed by atoms with Crippen molar-refractivity contribution in [2.24, 2.45) is 15.9 Å². The Hall–Kier alpha value is -5.12. The molecule has 3 atom stereocenters. The first-order valence-electron chi connectivity index (χ1n) is 17.8. The highest BCUT2D eigenvalue weighted by atomic mass is 16.5. The average molecular weight is 695 g/mol. The highest BCUT2D eigenvalue weighted by Gasteiger charge is 2.34. The fourth-order valence-electron chi connectivity index (χ4n) is 6.65. The van der Waals surface area contributed by atoms with Crippen LogP contribution in [-0.4, -0.2) is 87.2 Å². The van der Waals surface area contributed by atoms with Crippen molar-refractivity contribution in [2.75, 3.05) is 40.5 Å². The maximum Gasteiger partial charge on any atom is 0.257 e. The third-order valence-electron chi connectivity index (χ3n) is 9.57. The number of aliphatic imine (C=N–C) groups is 2. The molecule has 0 spiro atoms. The van der Waals surface area contributed by atoms with Crippen LogP contribution in [0.25, 0.3) is 0 Å². The second-order valence-corrected chi connectivity index (χ2v) is 12.8. The summed E-state index contributed by atoms with van der Waals surface area (Å²) in [5.41, 5.74) is 6.30. The van der Waals surface area contributed by atoms with Crippen molar-refractivity contribution in [1.82, 2.24) is 9.80 Å². The highest BCUT2D eigenvalue weighted by molar-refractivity contribution is 6.04. The molecule has 3 unspecified atom stereocenters.